The maximum absolute atomic E-state index is 10.6. The number of nitrogens with one attached hydrogen (secondary N) is 1. The third-order valence-electron chi connectivity index (χ3n) is 1.10. The molecule has 0 aromatic heterocycles. The number of nitrogens with two attached hydrogens (primary N) is 1. The van der Waals surface area contributed by atoms with Crippen molar-refractivity contribution in [3.63, 3.8) is 0 Å². The fraction of sp³-hybridized carbons (Fsp3) is 0. The van der Waals surface area contributed by atoms with Crippen LogP contribution in [-0.4, -0.2) is 11.0 Å². The molecule has 0 saturated carbocycles. The predicted octanol–water partition coefficient (Wildman–Crippen LogP) is 0.401. The molecule has 64 valence electrons. The fourth-order valence-corrected chi connectivity index (χ4v) is 0.585. The predicted molar refractivity (Wildman–Crippen MR) is 43.1 cm³/mol. The lowest BCUT2D eigenvalue weighted by Crippen LogP contribution is -2.41. The summed E-state index contributed by atoms with van der Waals surface area (Å²) in [6.07, 6.45) is 9.65. The van der Waals surface area contributed by atoms with Gasteiger partial charge in [-0.15, -0.1) is 0 Å². The molecule has 0 radical (unpaired) electrons. The molecule has 0 bridgehead atoms. The number of primary amides is 1. The van der Waals surface area contributed by atoms with E-state index in [1.807, 2.05) is 0 Å². The van der Waals surface area contributed by atoms with Gasteiger partial charge in [-0.25, -0.2) is 9.80 Å². The van der Waals surface area contributed by atoms with Crippen molar-refractivity contribution in [1.29, 1.82) is 0 Å². The molecule has 1 aliphatic heterocycles. The molecule has 0 atom stereocenters. The molecule has 5 nitrogen and oxygen atoms in total. The molecule has 0 unspecified atom stereocenters. The van der Waals surface area contributed by atoms with Gasteiger partial charge in [0.25, 0.3) is 0 Å². The van der Waals surface area contributed by atoms with Gasteiger partial charge >= 0.3 is 6.03 Å². The van der Waals surface area contributed by atoms with E-state index in [4.69, 9.17) is 10.6 Å². The summed E-state index contributed by atoms with van der Waals surface area (Å²) in [7, 11) is 0. The maximum Gasteiger partial charge on any atom is 0.335 e. The van der Waals surface area contributed by atoms with E-state index in [1.165, 1.54) is 12.5 Å². The summed E-state index contributed by atoms with van der Waals surface area (Å²) < 4.78 is 0. The Balaban J connectivity index is 2.65. The van der Waals surface area contributed by atoms with Crippen LogP contribution in [0.3, 0.4) is 0 Å². The molecule has 1 rings (SSSR count). The fourth-order valence-electron chi connectivity index (χ4n) is 0.585. The quantitative estimate of drug-likeness (QED) is 0.548. The molecule has 0 aromatic rings. The second-order valence-corrected chi connectivity index (χ2v) is 1.97. The normalized spacial score (nSPS) is 24.2. The van der Waals surface area contributed by atoms with Crippen LogP contribution >= 0.6 is 0 Å². The molecule has 1 heterocycles. The van der Waals surface area contributed by atoms with Gasteiger partial charge < -0.3 is 10.6 Å². The van der Waals surface area contributed by atoms with Crippen LogP contribution in [0.25, 0.3) is 0 Å². The largest absolute Gasteiger partial charge is 0.396 e. The van der Waals surface area contributed by atoms with Gasteiger partial charge in [0.15, 0.2) is 0 Å². The van der Waals surface area contributed by atoms with Crippen LogP contribution in [0.15, 0.2) is 36.8 Å². The minimum atomic E-state index is -0.644. The van der Waals surface area contributed by atoms with E-state index in [0.29, 0.717) is 0 Å². The molecule has 0 saturated heterocycles. The van der Waals surface area contributed by atoms with Crippen LogP contribution in [0.1, 0.15) is 0 Å². The minimum absolute atomic E-state index is 0.644. The summed E-state index contributed by atoms with van der Waals surface area (Å²) in [4.78, 5) is 15.4. The van der Waals surface area contributed by atoms with E-state index in [9.17, 15) is 4.79 Å². The van der Waals surface area contributed by atoms with Gasteiger partial charge in [0.1, 0.15) is 6.26 Å². The van der Waals surface area contributed by atoms with Gasteiger partial charge in [-0.3, -0.25) is 0 Å². The first-order valence-corrected chi connectivity index (χ1v) is 3.30. The number of allylic oxidation sites excluding steroid dienone is 4. The Kier molecular flexibility index (Phi) is 2.92. The average Bonchev–Trinajstić information content (AvgIpc) is 2.15. The Morgan fingerprint density at radius 1 is 1.33 bits per heavy atom. The zero-order valence-corrected chi connectivity index (χ0v) is 6.31. The van der Waals surface area contributed by atoms with E-state index in [2.05, 4.69) is 5.59 Å². The summed E-state index contributed by atoms with van der Waals surface area (Å²) in [5.41, 5.74) is 7.29. The van der Waals surface area contributed by atoms with Crippen molar-refractivity contribution in [1.82, 2.24) is 10.6 Å². The minimum Gasteiger partial charge on any atom is -0.396 e. The maximum atomic E-state index is 10.6. The molecule has 0 aliphatic carbocycles. The number of hydrogen-bond donors (Lipinski definition) is 2. The van der Waals surface area contributed by atoms with Crippen molar-refractivity contribution in [2.24, 2.45) is 5.73 Å². The summed E-state index contributed by atoms with van der Waals surface area (Å²) in [6, 6.07) is -0.644. The van der Waals surface area contributed by atoms with Crippen molar-refractivity contribution < 1.29 is 9.63 Å². The molecule has 1 aliphatic rings. The van der Waals surface area contributed by atoms with Gasteiger partial charge in [0.2, 0.25) is 0 Å². The number of nitrogens with zero attached hydrogens (tertiary/aromatic N) is 1. The van der Waals surface area contributed by atoms with E-state index in [0.717, 1.165) is 5.01 Å². The second-order valence-electron chi connectivity index (χ2n) is 1.97. The van der Waals surface area contributed by atoms with E-state index >= 15 is 0 Å². The van der Waals surface area contributed by atoms with Gasteiger partial charge in [0, 0.05) is 6.20 Å². The van der Waals surface area contributed by atoms with Crippen LogP contribution in [0.5, 0.6) is 0 Å². The molecule has 12 heavy (non-hydrogen) atoms. The van der Waals surface area contributed by atoms with Crippen molar-refractivity contribution in [3.05, 3.63) is 36.8 Å². The summed E-state index contributed by atoms with van der Waals surface area (Å²) in [5.74, 6) is 0. The van der Waals surface area contributed by atoms with Gasteiger partial charge in [-0.05, 0) is 12.2 Å². The number of hydrazine groups is 1. The third kappa shape index (κ3) is 2.47. The number of urea groups is 1. The lowest BCUT2D eigenvalue weighted by Gasteiger charge is -2.13. The van der Waals surface area contributed by atoms with E-state index in [1.54, 1.807) is 24.3 Å². The average molecular weight is 167 g/mol. The number of amides is 2. The topological polar surface area (TPSA) is 67.6 Å². The molecular weight excluding hydrogens is 158 g/mol. The van der Waals surface area contributed by atoms with Gasteiger partial charge in [-0.2, -0.15) is 0 Å². The molecule has 2 amide bonds. The van der Waals surface area contributed by atoms with Gasteiger partial charge in [-0.1, -0.05) is 17.7 Å². The first kappa shape index (κ1) is 8.35. The summed E-state index contributed by atoms with van der Waals surface area (Å²) in [5, 5.41) is 1.01. The smallest absolute Gasteiger partial charge is 0.335 e. The van der Waals surface area contributed by atoms with Crippen LogP contribution in [0.2, 0.25) is 0 Å². The monoisotopic (exact) mass is 167 g/mol. The molecule has 3 N–H and O–H groups in total. The second kappa shape index (κ2) is 4.20. The Labute approximate surface area is 69.7 Å². The Bertz CT molecular complexity index is 245. The van der Waals surface area contributed by atoms with Crippen molar-refractivity contribution in [3.8, 4) is 0 Å². The van der Waals surface area contributed by atoms with E-state index < -0.39 is 6.03 Å². The first-order valence-electron chi connectivity index (χ1n) is 3.30. The standard InChI is InChI=1S/C7H9N3O2/c8-7(11)10-5-3-1-2-4-6-12-9-10/h1-6,9H,(H2,8,11)/b2-1-,5-3-,6-4-. The summed E-state index contributed by atoms with van der Waals surface area (Å²) in [6.45, 7) is 0. The highest BCUT2D eigenvalue weighted by molar-refractivity contribution is 5.72. The zero-order chi connectivity index (χ0) is 8.81. The molecule has 5 heteroatoms. The highest BCUT2D eigenvalue weighted by atomic mass is 16.7. The summed E-state index contributed by atoms with van der Waals surface area (Å²) >= 11 is 0. The number of carbonyl (C=O) groups is 1. The van der Waals surface area contributed by atoms with Crippen LogP contribution < -0.4 is 11.3 Å². The Morgan fingerprint density at radius 3 is 2.83 bits per heavy atom. The van der Waals surface area contributed by atoms with Crippen LogP contribution in [0, 0.1) is 0 Å². The number of hydrogen-bond acceptors (Lipinski definition) is 3. The lowest BCUT2D eigenvalue weighted by atomic mass is 10.4. The number of carbonyl (C=O) groups excluding carboxylic acids is 1. The number of rotatable bonds is 0. The van der Waals surface area contributed by atoms with E-state index in [-0.39, 0.29) is 0 Å². The van der Waals surface area contributed by atoms with Crippen LogP contribution in [-0.2, 0) is 4.84 Å². The zero-order valence-electron chi connectivity index (χ0n) is 6.31. The molecule has 0 fully saturated rings. The van der Waals surface area contributed by atoms with Crippen molar-refractivity contribution >= 4 is 6.03 Å². The van der Waals surface area contributed by atoms with Crippen molar-refractivity contribution in [2.75, 3.05) is 0 Å². The highest BCUT2D eigenvalue weighted by Crippen LogP contribution is 1.90. The SMILES string of the molecule is NC(=O)N1\C=C/C=C\C=C/ON1. The molecule has 0 spiro atoms. The van der Waals surface area contributed by atoms with Crippen molar-refractivity contribution in [2.45, 2.75) is 0 Å². The van der Waals surface area contributed by atoms with Gasteiger partial charge in [0.05, 0.1) is 0 Å². The molecular formula is C7H9N3O2. The molecule has 0 aromatic carbocycles. The Morgan fingerprint density at radius 2 is 2.08 bits per heavy atom. The first-order chi connectivity index (χ1) is 5.80. The lowest BCUT2D eigenvalue weighted by molar-refractivity contribution is 0.0252. The highest BCUT2D eigenvalue weighted by Gasteiger charge is 2.03. The van der Waals surface area contributed by atoms with Crippen LogP contribution in [0.4, 0.5) is 4.79 Å². The Hall–Kier alpha value is -1.75. The third-order valence-corrected chi connectivity index (χ3v) is 1.10.